The molecule has 0 bridgehead atoms. The monoisotopic (exact) mass is 204 g/mol. The fraction of sp³-hybridized carbons (Fsp3) is 0.750. The number of ether oxygens (including phenoxy) is 1. The maximum absolute atomic E-state index is 11.3. The summed E-state index contributed by atoms with van der Waals surface area (Å²) in [5, 5.41) is 11.0. The Morgan fingerprint density at radius 3 is 2.50 bits per heavy atom. The van der Waals surface area contributed by atoms with E-state index >= 15 is 0 Å². The van der Waals surface area contributed by atoms with E-state index in [4.69, 9.17) is 5.11 Å². The molecule has 6 nitrogen and oxygen atoms in total. The molecule has 0 aliphatic heterocycles. The van der Waals surface area contributed by atoms with E-state index in [0.29, 0.717) is 6.54 Å². The minimum Gasteiger partial charge on any atom is -0.480 e. The number of carboxylic acids is 1. The first-order chi connectivity index (χ1) is 6.52. The Labute approximate surface area is 82.8 Å². The maximum Gasteiger partial charge on any atom is 0.328 e. The zero-order chi connectivity index (χ0) is 11.1. The van der Waals surface area contributed by atoms with Crippen LogP contribution in [-0.2, 0) is 9.53 Å². The number of hydrogen-bond donors (Lipinski definition) is 2. The van der Waals surface area contributed by atoms with Crippen molar-refractivity contribution in [3.63, 3.8) is 0 Å². The summed E-state index contributed by atoms with van der Waals surface area (Å²) < 4.78 is 4.67. The zero-order valence-corrected chi connectivity index (χ0v) is 8.61. The van der Waals surface area contributed by atoms with Gasteiger partial charge in [-0.15, -0.1) is 0 Å². The number of aliphatic carboxylic acids is 1. The molecule has 82 valence electrons. The lowest BCUT2D eigenvalue weighted by atomic mass is 10.3. The Balaban J connectivity index is 4.15. The number of urea groups is 1. The lowest BCUT2D eigenvalue weighted by molar-refractivity contribution is -0.140. The highest BCUT2D eigenvalue weighted by Gasteiger charge is 2.20. The smallest absolute Gasteiger partial charge is 0.328 e. The van der Waals surface area contributed by atoms with Crippen molar-refractivity contribution in [3.8, 4) is 0 Å². The topological polar surface area (TPSA) is 78.9 Å². The third-order valence-electron chi connectivity index (χ3n) is 1.75. The molecule has 0 aliphatic carbocycles. The van der Waals surface area contributed by atoms with Crippen molar-refractivity contribution in [2.45, 2.75) is 13.0 Å². The first kappa shape index (κ1) is 12.7. The Morgan fingerprint density at radius 2 is 2.14 bits per heavy atom. The largest absolute Gasteiger partial charge is 0.480 e. The van der Waals surface area contributed by atoms with Gasteiger partial charge in [0.15, 0.2) is 6.04 Å². The van der Waals surface area contributed by atoms with Gasteiger partial charge in [-0.25, -0.2) is 9.59 Å². The van der Waals surface area contributed by atoms with Gasteiger partial charge in [0.2, 0.25) is 0 Å². The molecule has 0 spiro atoms. The molecule has 0 rings (SSSR count). The van der Waals surface area contributed by atoms with Crippen LogP contribution >= 0.6 is 0 Å². The highest BCUT2D eigenvalue weighted by Crippen LogP contribution is 1.89. The van der Waals surface area contributed by atoms with Crippen molar-refractivity contribution in [1.29, 1.82) is 0 Å². The molecule has 0 aromatic heterocycles. The second-order valence-corrected chi connectivity index (χ2v) is 2.81. The molecule has 0 aliphatic rings. The molecular formula is C8H16N2O4. The number of rotatable bonds is 5. The van der Waals surface area contributed by atoms with Gasteiger partial charge in [-0.05, 0) is 6.92 Å². The van der Waals surface area contributed by atoms with Crippen LogP contribution in [0, 0.1) is 0 Å². The van der Waals surface area contributed by atoms with Gasteiger partial charge in [0.25, 0.3) is 0 Å². The number of carboxylic acid groups (broad SMARTS) is 1. The van der Waals surface area contributed by atoms with Gasteiger partial charge in [-0.2, -0.15) is 0 Å². The van der Waals surface area contributed by atoms with Gasteiger partial charge < -0.3 is 20.1 Å². The lowest BCUT2D eigenvalue weighted by Crippen LogP contribution is -2.48. The Bertz CT molecular complexity index is 208. The molecule has 1 unspecified atom stereocenters. The highest BCUT2D eigenvalue weighted by molar-refractivity contribution is 5.82. The van der Waals surface area contributed by atoms with Gasteiger partial charge in [-0.3, -0.25) is 0 Å². The quantitative estimate of drug-likeness (QED) is 0.647. The summed E-state index contributed by atoms with van der Waals surface area (Å²) in [7, 11) is 2.96. The van der Waals surface area contributed by atoms with E-state index in [0.717, 1.165) is 0 Å². The molecule has 0 radical (unpaired) electrons. The van der Waals surface area contributed by atoms with Crippen LogP contribution in [0.2, 0.25) is 0 Å². The van der Waals surface area contributed by atoms with Gasteiger partial charge in [0.1, 0.15) is 0 Å². The van der Waals surface area contributed by atoms with Gasteiger partial charge in [0.05, 0.1) is 6.61 Å². The van der Waals surface area contributed by atoms with Crippen molar-refractivity contribution >= 4 is 12.0 Å². The molecule has 0 aromatic carbocycles. The van der Waals surface area contributed by atoms with Crippen molar-refractivity contribution in [2.75, 3.05) is 27.3 Å². The van der Waals surface area contributed by atoms with E-state index < -0.39 is 18.0 Å². The van der Waals surface area contributed by atoms with Gasteiger partial charge in [0, 0.05) is 20.7 Å². The molecule has 0 aromatic rings. The number of nitrogens with zero attached hydrogens (tertiary/aromatic N) is 1. The molecule has 0 saturated heterocycles. The first-order valence-electron chi connectivity index (χ1n) is 4.26. The number of nitrogens with one attached hydrogen (secondary N) is 1. The molecular weight excluding hydrogens is 188 g/mol. The number of carbonyl (C=O) groups excluding carboxylic acids is 1. The molecule has 6 heteroatoms. The van der Waals surface area contributed by atoms with E-state index in [9.17, 15) is 9.59 Å². The predicted molar refractivity (Wildman–Crippen MR) is 50.1 cm³/mol. The Kier molecular flexibility index (Phi) is 5.62. The van der Waals surface area contributed by atoms with E-state index in [-0.39, 0.29) is 6.61 Å². The van der Waals surface area contributed by atoms with Crippen molar-refractivity contribution in [1.82, 2.24) is 10.2 Å². The second-order valence-electron chi connectivity index (χ2n) is 2.81. The van der Waals surface area contributed by atoms with Crippen LogP contribution < -0.4 is 5.32 Å². The van der Waals surface area contributed by atoms with Crippen molar-refractivity contribution in [3.05, 3.63) is 0 Å². The number of hydrogen-bond acceptors (Lipinski definition) is 3. The van der Waals surface area contributed by atoms with Crippen molar-refractivity contribution in [2.24, 2.45) is 0 Å². The summed E-state index contributed by atoms with van der Waals surface area (Å²) in [5.41, 5.74) is 0. The van der Waals surface area contributed by atoms with E-state index in [2.05, 4.69) is 10.1 Å². The van der Waals surface area contributed by atoms with Crippen LogP contribution in [0.5, 0.6) is 0 Å². The number of amides is 2. The minimum atomic E-state index is -1.11. The third-order valence-corrected chi connectivity index (χ3v) is 1.75. The van der Waals surface area contributed by atoms with Crippen LogP contribution in [0.3, 0.4) is 0 Å². The van der Waals surface area contributed by atoms with E-state index in [1.165, 1.54) is 12.0 Å². The molecule has 0 fully saturated rings. The summed E-state index contributed by atoms with van der Waals surface area (Å²) >= 11 is 0. The maximum atomic E-state index is 11.3. The SMILES string of the molecule is CCN(C)C(=O)NC(COC)C(=O)O. The molecule has 2 amide bonds. The third kappa shape index (κ3) is 4.08. The van der Waals surface area contributed by atoms with Crippen LogP contribution in [0.4, 0.5) is 4.79 Å². The molecule has 14 heavy (non-hydrogen) atoms. The zero-order valence-electron chi connectivity index (χ0n) is 8.61. The predicted octanol–water partition coefficient (Wildman–Crippen LogP) is -0.253. The van der Waals surface area contributed by atoms with Crippen LogP contribution in [0.1, 0.15) is 6.92 Å². The van der Waals surface area contributed by atoms with Crippen molar-refractivity contribution < 1.29 is 19.4 Å². The average Bonchev–Trinajstić information content (AvgIpc) is 2.15. The van der Waals surface area contributed by atoms with Crippen LogP contribution in [0.15, 0.2) is 0 Å². The summed E-state index contributed by atoms with van der Waals surface area (Å²) in [5.74, 6) is -1.11. The normalized spacial score (nSPS) is 11.9. The van der Waals surface area contributed by atoms with E-state index in [1.54, 1.807) is 14.0 Å². The summed E-state index contributed by atoms with van der Waals surface area (Å²) in [6, 6.07) is -1.42. The minimum absolute atomic E-state index is 0.0430. The van der Waals surface area contributed by atoms with Gasteiger partial charge in [-0.1, -0.05) is 0 Å². The first-order valence-corrected chi connectivity index (χ1v) is 4.26. The summed E-state index contributed by atoms with van der Waals surface area (Å²) in [6.07, 6.45) is 0. The van der Waals surface area contributed by atoms with Gasteiger partial charge >= 0.3 is 12.0 Å². The van der Waals surface area contributed by atoms with Crippen LogP contribution in [0.25, 0.3) is 0 Å². The standard InChI is InChI=1S/C8H16N2O4/c1-4-10(2)8(13)9-6(5-14-3)7(11)12/h6H,4-5H2,1-3H3,(H,9,13)(H,11,12). The molecule has 1 atom stereocenters. The van der Waals surface area contributed by atoms with E-state index in [1.807, 2.05) is 0 Å². The molecule has 0 heterocycles. The molecule has 0 saturated carbocycles. The summed E-state index contributed by atoms with van der Waals surface area (Å²) in [6.45, 7) is 2.27. The fourth-order valence-electron chi connectivity index (χ4n) is 0.744. The number of carbonyl (C=O) groups is 2. The average molecular weight is 204 g/mol. The molecule has 2 N–H and O–H groups in total. The Morgan fingerprint density at radius 1 is 1.57 bits per heavy atom. The second kappa shape index (κ2) is 6.20. The fourth-order valence-corrected chi connectivity index (χ4v) is 0.744. The lowest BCUT2D eigenvalue weighted by Gasteiger charge is -2.19. The van der Waals surface area contributed by atoms with Crippen LogP contribution in [-0.4, -0.2) is 55.4 Å². The Hall–Kier alpha value is -1.30. The number of methoxy groups -OCH3 is 1. The highest BCUT2D eigenvalue weighted by atomic mass is 16.5. The summed E-state index contributed by atoms with van der Waals surface area (Å²) in [4.78, 5) is 23.3.